The lowest BCUT2D eigenvalue weighted by Gasteiger charge is -2.26. The van der Waals surface area contributed by atoms with Gasteiger partial charge in [0.2, 0.25) is 0 Å². The Bertz CT molecular complexity index is 1370. The van der Waals surface area contributed by atoms with Crippen LogP contribution < -0.4 is 10.2 Å². The fourth-order valence-electron chi connectivity index (χ4n) is 3.16. The standard InChI is InChI=1S/C22H13BrN4O4S/c23-12-5-7-13(8-6-12)27-20(29)15(19(28)26-22(27)30)11-14-9-10-18(31-14)32-21-24-16-3-1-2-4-17(16)25-21/h1-11H,(H,24,25)(H,26,28,30)/b15-11-. The molecule has 0 aliphatic carbocycles. The van der Waals surface area contributed by atoms with E-state index in [2.05, 4.69) is 31.2 Å². The molecule has 0 spiro atoms. The summed E-state index contributed by atoms with van der Waals surface area (Å²) in [5, 5.41) is 3.37. The zero-order valence-corrected chi connectivity index (χ0v) is 18.6. The lowest BCUT2D eigenvalue weighted by atomic mass is 10.1. The molecule has 4 amide bonds. The van der Waals surface area contributed by atoms with Crippen LogP contribution in [0.3, 0.4) is 0 Å². The lowest BCUT2D eigenvalue weighted by Crippen LogP contribution is -2.54. The molecular formula is C22H13BrN4O4S. The number of hydrogen-bond donors (Lipinski definition) is 2. The molecule has 1 aliphatic rings. The number of hydrogen-bond acceptors (Lipinski definition) is 6. The number of benzene rings is 2. The molecule has 1 fully saturated rings. The van der Waals surface area contributed by atoms with Crippen molar-refractivity contribution >= 4 is 68.3 Å². The first-order chi connectivity index (χ1) is 15.5. The molecule has 1 aliphatic heterocycles. The highest BCUT2D eigenvalue weighted by Gasteiger charge is 2.37. The molecule has 8 nitrogen and oxygen atoms in total. The normalized spacial score (nSPS) is 15.6. The van der Waals surface area contributed by atoms with Crippen LogP contribution in [-0.2, 0) is 9.59 Å². The fourth-order valence-corrected chi connectivity index (χ4v) is 4.20. The fraction of sp³-hybridized carbons (Fsp3) is 0. The Morgan fingerprint density at radius 2 is 1.78 bits per heavy atom. The Morgan fingerprint density at radius 3 is 2.56 bits per heavy atom. The summed E-state index contributed by atoms with van der Waals surface area (Å²) in [4.78, 5) is 46.1. The van der Waals surface area contributed by atoms with E-state index in [4.69, 9.17) is 4.42 Å². The Kier molecular flexibility index (Phi) is 5.16. The SMILES string of the molecule is O=C1NC(=O)N(c2ccc(Br)cc2)C(=O)/C1=C\c1ccc(Sc2nc3ccccc3[nH]2)o1. The van der Waals surface area contributed by atoms with Gasteiger partial charge in [0.1, 0.15) is 11.3 Å². The molecule has 0 saturated carbocycles. The smallest absolute Gasteiger partial charge is 0.335 e. The van der Waals surface area contributed by atoms with Crippen molar-refractivity contribution in [2.75, 3.05) is 4.90 Å². The number of nitrogens with one attached hydrogen (secondary N) is 2. The monoisotopic (exact) mass is 508 g/mol. The molecule has 32 heavy (non-hydrogen) atoms. The predicted octanol–water partition coefficient (Wildman–Crippen LogP) is 4.74. The number of imidazole rings is 1. The van der Waals surface area contributed by atoms with Crippen LogP contribution in [0.2, 0.25) is 0 Å². The maximum Gasteiger partial charge on any atom is 0.335 e. The minimum atomic E-state index is -0.806. The molecule has 0 bridgehead atoms. The third-order valence-corrected chi connectivity index (χ3v) is 5.98. The van der Waals surface area contributed by atoms with Gasteiger partial charge >= 0.3 is 6.03 Å². The molecule has 0 radical (unpaired) electrons. The number of rotatable bonds is 4. The second-order valence-electron chi connectivity index (χ2n) is 6.75. The average Bonchev–Trinajstić information content (AvgIpc) is 3.38. The molecule has 5 rings (SSSR count). The number of para-hydroxylation sites is 2. The van der Waals surface area contributed by atoms with Gasteiger partial charge in [-0.2, -0.15) is 0 Å². The molecule has 2 aromatic heterocycles. The number of nitrogens with zero attached hydrogens (tertiary/aromatic N) is 2. The maximum absolute atomic E-state index is 12.9. The lowest BCUT2D eigenvalue weighted by molar-refractivity contribution is -0.122. The molecule has 2 N–H and O–H groups in total. The summed E-state index contributed by atoms with van der Waals surface area (Å²) in [5.41, 5.74) is 1.88. The van der Waals surface area contributed by atoms with Crippen molar-refractivity contribution in [3.05, 3.63) is 76.5 Å². The van der Waals surface area contributed by atoms with Crippen molar-refractivity contribution in [1.82, 2.24) is 15.3 Å². The minimum Gasteiger partial charge on any atom is -0.450 e. The van der Waals surface area contributed by atoms with Crippen molar-refractivity contribution in [1.29, 1.82) is 0 Å². The number of fused-ring (bicyclic) bond motifs is 1. The number of halogens is 1. The van der Waals surface area contributed by atoms with Gasteiger partial charge < -0.3 is 9.40 Å². The number of anilines is 1. The average molecular weight is 509 g/mol. The third-order valence-electron chi connectivity index (χ3n) is 4.64. The van der Waals surface area contributed by atoms with E-state index in [-0.39, 0.29) is 5.57 Å². The van der Waals surface area contributed by atoms with Gasteiger partial charge in [0.05, 0.1) is 16.7 Å². The number of imide groups is 2. The third kappa shape index (κ3) is 3.85. The molecular weight excluding hydrogens is 496 g/mol. The van der Waals surface area contributed by atoms with Gasteiger partial charge in [0, 0.05) is 4.47 Å². The summed E-state index contributed by atoms with van der Waals surface area (Å²) in [5.74, 6) is -1.22. The molecule has 4 aromatic rings. The van der Waals surface area contributed by atoms with Gasteiger partial charge in [0.15, 0.2) is 10.2 Å². The Balaban J connectivity index is 1.40. The van der Waals surface area contributed by atoms with Crippen LogP contribution >= 0.6 is 27.7 Å². The highest BCUT2D eigenvalue weighted by Crippen LogP contribution is 2.30. The second kappa shape index (κ2) is 8.13. The van der Waals surface area contributed by atoms with Crippen LogP contribution in [0.25, 0.3) is 17.1 Å². The number of aromatic amines is 1. The van der Waals surface area contributed by atoms with E-state index < -0.39 is 17.8 Å². The zero-order chi connectivity index (χ0) is 22.2. The number of carbonyl (C=O) groups excluding carboxylic acids is 3. The molecule has 158 valence electrons. The van der Waals surface area contributed by atoms with Gasteiger partial charge in [-0.25, -0.2) is 14.7 Å². The molecule has 2 aromatic carbocycles. The summed E-state index contributed by atoms with van der Waals surface area (Å²) in [6.45, 7) is 0. The number of H-pyrrole nitrogens is 1. The van der Waals surface area contributed by atoms with E-state index in [1.807, 2.05) is 24.3 Å². The van der Waals surface area contributed by atoms with Crippen LogP contribution in [0.4, 0.5) is 10.5 Å². The number of furan rings is 1. The first-order valence-electron chi connectivity index (χ1n) is 9.37. The quantitative estimate of drug-likeness (QED) is 0.304. The van der Waals surface area contributed by atoms with E-state index in [1.54, 1.807) is 36.4 Å². The Hall–Kier alpha value is -3.63. The number of urea groups is 1. The van der Waals surface area contributed by atoms with E-state index in [0.29, 0.717) is 21.7 Å². The van der Waals surface area contributed by atoms with Crippen molar-refractivity contribution in [3.8, 4) is 0 Å². The van der Waals surface area contributed by atoms with Crippen molar-refractivity contribution in [3.63, 3.8) is 0 Å². The van der Waals surface area contributed by atoms with Crippen LogP contribution in [0.5, 0.6) is 0 Å². The van der Waals surface area contributed by atoms with Gasteiger partial charge in [-0.1, -0.05) is 28.1 Å². The van der Waals surface area contributed by atoms with E-state index in [9.17, 15) is 14.4 Å². The maximum atomic E-state index is 12.9. The number of carbonyl (C=O) groups is 3. The summed E-state index contributed by atoms with van der Waals surface area (Å²) >= 11 is 4.59. The predicted molar refractivity (Wildman–Crippen MR) is 122 cm³/mol. The van der Waals surface area contributed by atoms with Crippen molar-refractivity contribution in [2.24, 2.45) is 0 Å². The van der Waals surface area contributed by atoms with Crippen molar-refractivity contribution in [2.45, 2.75) is 10.2 Å². The number of aromatic nitrogens is 2. The summed E-state index contributed by atoms with van der Waals surface area (Å²) in [6, 6.07) is 16.8. The summed E-state index contributed by atoms with van der Waals surface area (Å²) < 4.78 is 6.55. The topological polar surface area (TPSA) is 108 Å². The Morgan fingerprint density at radius 1 is 1.00 bits per heavy atom. The van der Waals surface area contributed by atoms with Gasteiger partial charge in [0.25, 0.3) is 11.8 Å². The number of barbiturate groups is 1. The van der Waals surface area contributed by atoms with Gasteiger partial charge in [-0.3, -0.25) is 14.9 Å². The number of amides is 4. The van der Waals surface area contributed by atoms with Gasteiger partial charge in [-0.05, 0) is 66.4 Å². The van der Waals surface area contributed by atoms with Crippen LogP contribution in [0, 0.1) is 0 Å². The molecule has 1 saturated heterocycles. The van der Waals surface area contributed by atoms with Crippen LogP contribution in [0.15, 0.2) is 85.4 Å². The molecule has 10 heteroatoms. The van der Waals surface area contributed by atoms with E-state index >= 15 is 0 Å². The summed E-state index contributed by atoms with van der Waals surface area (Å²) in [6.07, 6.45) is 1.32. The van der Waals surface area contributed by atoms with E-state index in [0.717, 1.165) is 20.4 Å². The summed E-state index contributed by atoms with van der Waals surface area (Å²) in [7, 11) is 0. The Labute approximate surface area is 193 Å². The molecule has 0 atom stereocenters. The van der Waals surface area contributed by atoms with E-state index in [1.165, 1.54) is 17.8 Å². The molecule has 3 heterocycles. The highest BCUT2D eigenvalue weighted by atomic mass is 79.9. The molecule has 0 unspecified atom stereocenters. The van der Waals surface area contributed by atoms with Crippen LogP contribution in [0.1, 0.15) is 5.76 Å². The largest absolute Gasteiger partial charge is 0.450 e. The van der Waals surface area contributed by atoms with Crippen molar-refractivity contribution < 1.29 is 18.8 Å². The van der Waals surface area contributed by atoms with Gasteiger partial charge in [-0.15, -0.1) is 0 Å². The highest BCUT2D eigenvalue weighted by molar-refractivity contribution is 9.10. The zero-order valence-electron chi connectivity index (χ0n) is 16.2. The first kappa shape index (κ1) is 20.3. The minimum absolute atomic E-state index is 0.206. The first-order valence-corrected chi connectivity index (χ1v) is 11.0. The second-order valence-corrected chi connectivity index (χ2v) is 8.66. The van der Waals surface area contributed by atoms with Crippen LogP contribution in [-0.4, -0.2) is 27.8 Å².